The number of ether oxygens (including phenoxy) is 1. The Labute approximate surface area is 93.8 Å². The summed E-state index contributed by atoms with van der Waals surface area (Å²) >= 11 is 0. The molecule has 88 valence electrons. The zero-order chi connectivity index (χ0) is 11.5. The highest BCUT2D eigenvalue weighted by Crippen LogP contribution is 2.26. The van der Waals surface area contributed by atoms with Gasteiger partial charge in [0.15, 0.2) is 0 Å². The van der Waals surface area contributed by atoms with Crippen LogP contribution in [0.3, 0.4) is 0 Å². The van der Waals surface area contributed by atoms with Gasteiger partial charge in [-0.05, 0) is 26.2 Å². The topological polar surface area (TPSA) is 75.2 Å². The lowest BCUT2D eigenvalue weighted by Crippen LogP contribution is -2.13. The number of H-pyrrole nitrogens is 1. The zero-order valence-electron chi connectivity index (χ0n) is 9.32. The SMILES string of the molecule is Cc1[nH]c(C2CCCCO2)nc1CC(=O)O. The fourth-order valence-corrected chi connectivity index (χ4v) is 1.95. The molecule has 1 aromatic rings. The first-order chi connectivity index (χ1) is 7.66. The van der Waals surface area contributed by atoms with Crippen LogP contribution in [0.2, 0.25) is 0 Å². The number of aliphatic carboxylic acids is 1. The van der Waals surface area contributed by atoms with Crippen molar-refractivity contribution in [2.75, 3.05) is 6.61 Å². The van der Waals surface area contributed by atoms with Crippen molar-refractivity contribution in [1.82, 2.24) is 9.97 Å². The molecule has 1 aliphatic heterocycles. The first-order valence-corrected chi connectivity index (χ1v) is 5.55. The van der Waals surface area contributed by atoms with Crippen LogP contribution in [0.15, 0.2) is 0 Å². The van der Waals surface area contributed by atoms with Crippen LogP contribution in [0.4, 0.5) is 0 Å². The number of imidazole rings is 1. The lowest BCUT2D eigenvalue weighted by molar-refractivity contribution is -0.136. The Kier molecular flexibility index (Phi) is 3.24. The van der Waals surface area contributed by atoms with Gasteiger partial charge in [0.05, 0.1) is 12.1 Å². The summed E-state index contributed by atoms with van der Waals surface area (Å²) < 4.78 is 5.60. The second-order valence-electron chi connectivity index (χ2n) is 4.12. The van der Waals surface area contributed by atoms with E-state index in [9.17, 15) is 4.79 Å². The predicted octanol–water partition coefficient (Wildman–Crippen LogP) is 1.59. The number of aryl methyl sites for hydroxylation is 1. The normalized spacial score (nSPS) is 20.9. The Hall–Kier alpha value is -1.36. The Morgan fingerprint density at radius 2 is 2.44 bits per heavy atom. The largest absolute Gasteiger partial charge is 0.481 e. The van der Waals surface area contributed by atoms with Gasteiger partial charge in [-0.25, -0.2) is 4.98 Å². The van der Waals surface area contributed by atoms with Crippen molar-refractivity contribution in [2.24, 2.45) is 0 Å². The molecule has 5 heteroatoms. The third-order valence-corrected chi connectivity index (χ3v) is 2.81. The second-order valence-corrected chi connectivity index (χ2v) is 4.12. The van der Waals surface area contributed by atoms with E-state index in [2.05, 4.69) is 9.97 Å². The number of aromatic nitrogens is 2. The molecule has 0 aromatic carbocycles. The number of carbonyl (C=O) groups is 1. The van der Waals surface area contributed by atoms with Crippen molar-refractivity contribution in [3.8, 4) is 0 Å². The van der Waals surface area contributed by atoms with E-state index >= 15 is 0 Å². The number of hydrogen-bond acceptors (Lipinski definition) is 3. The number of aromatic amines is 1. The molecule has 16 heavy (non-hydrogen) atoms. The van der Waals surface area contributed by atoms with E-state index in [-0.39, 0.29) is 12.5 Å². The predicted molar refractivity (Wildman–Crippen MR) is 57.2 cm³/mol. The van der Waals surface area contributed by atoms with Gasteiger partial charge < -0.3 is 14.8 Å². The fourth-order valence-electron chi connectivity index (χ4n) is 1.95. The summed E-state index contributed by atoms with van der Waals surface area (Å²) in [6, 6.07) is 0. The summed E-state index contributed by atoms with van der Waals surface area (Å²) in [6.45, 7) is 2.61. The van der Waals surface area contributed by atoms with E-state index in [1.807, 2.05) is 6.92 Å². The van der Waals surface area contributed by atoms with Crippen molar-refractivity contribution in [1.29, 1.82) is 0 Å². The van der Waals surface area contributed by atoms with Crippen molar-refractivity contribution in [2.45, 2.75) is 38.7 Å². The summed E-state index contributed by atoms with van der Waals surface area (Å²) in [6.07, 6.45) is 3.17. The highest BCUT2D eigenvalue weighted by Gasteiger charge is 2.21. The van der Waals surface area contributed by atoms with E-state index in [0.29, 0.717) is 5.69 Å². The maximum absolute atomic E-state index is 10.6. The van der Waals surface area contributed by atoms with Gasteiger partial charge >= 0.3 is 5.97 Å². The molecule has 1 fully saturated rings. The third-order valence-electron chi connectivity index (χ3n) is 2.81. The van der Waals surface area contributed by atoms with Crippen LogP contribution >= 0.6 is 0 Å². The standard InChI is InChI=1S/C11H16N2O3/c1-7-8(6-10(14)15)13-11(12-7)9-4-2-3-5-16-9/h9H,2-6H2,1H3,(H,12,13)(H,14,15). The molecule has 0 spiro atoms. The number of carboxylic acid groups (broad SMARTS) is 1. The van der Waals surface area contributed by atoms with E-state index in [1.54, 1.807) is 0 Å². The number of rotatable bonds is 3. The maximum atomic E-state index is 10.6. The molecule has 0 bridgehead atoms. The van der Waals surface area contributed by atoms with Crippen molar-refractivity contribution >= 4 is 5.97 Å². The van der Waals surface area contributed by atoms with Crippen molar-refractivity contribution in [3.63, 3.8) is 0 Å². The van der Waals surface area contributed by atoms with Gasteiger partial charge in [0.25, 0.3) is 0 Å². The van der Waals surface area contributed by atoms with Crippen molar-refractivity contribution in [3.05, 3.63) is 17.2 Å². The minimum Gasteiger partial charge on any atom is -0.481 e. The molecule has 2 N–H and O–H groups in total. The van der Waals surface area contributed by atoms with Gasteiger partial charge in [0.1, 0.15) is 11.9 Å². The molecule has 1 aromatic heterocycles. The molecular weight excluding hydrogens is 208 g/mol. The minimum atomic E-state index is -0.856. The molecule has 2 heterocycles. The average molecular weight is 224 g/mol. The van der Waals surface area contributed by atoms with Gasteiger partial charge in [0, 0.05) is 12.3 Å². The van der Waals surface area contributed by atoms with E-state index in [4.69, 9.17) is 9.84 Å². The Morgan fingerprint density at radius 1 is 1.62 bits per heavy atom. The van der Waals surface area contributed by atoms with Crippen LogP contribution in [0.5, 0.6) is 0 Å². The molecular formula is C11H16N2O3. The third kappa shape index (κ3) is 2.41. The molecule has 1 aliphatic rings. The summed E-state index contributed by atoms with van der Waals surface area (Å²) in [4.78, 5) is 18.1. The van der Waals surface area contributed by atoms with Crippen LogP contribution in [0.1, 0.15) is 42.6 Å². The highest BCUT2D eigenvalue weighted by molar-refractivity contribution is 5.69. The average Bonchev–Trinajstić information content (AvgIpc) is 2.61. The van der Waals surface area contributed by atoms with Gasteiger partial charge in [-0.3, -0.25) is 4.79 Å². The number of nitrogens with one attached hydrogen (secondary N) is 1. The molecule has 1 unspecified atom stereocenters. The van der Waals surface area contributed by atoms with E-state index in [0.717, 1.165) is 37.4 Å². The molecule has 0 saturated carbocycles. The zero-order valence-corrected chi connectivity index (χ0v) is 9.32. The summed E-state index contributed by atoms with van der Waals surface area (Å²) in [5.74, 6) is -0.0841. The molecule has 0 amide bonds. The molecule has 2 rings (SSSR count). The lowest BCUT2D eigenvalue weighted by atomic mass is 10.1. The van der Waals surface area contributed by atoms with Gasteiger partial charge in [-0.1, -0.05) is 0 Å². The van der Waals surface area contributed by atoms with Crippen molar-refractivity contribution < 1.29 is 14.6 Å². The Balaban J connectivity index is 2.12. The maximum Gasteiger partial charge on any atom is 0.309 e. The molecule has 1 saturated heterocycles. The first kappa shape index (κ1) is 11.1. The van der Waals surface area contributed by atoms with Gasteiger partial charge in [-0.15, -0.1) is 0 Å². The molecule has 0 radical (unpaired) electrons. The minimum absolute atomic E-state index is 0.00925. The Morgan fingerprint density at radius 3 is 3.06 bits per heavy atom. The summed E-state index contributed by atoms with van der Waals surface area (Å²) in [7, 11) is 0. The molecule has 0 aliphatic carbocycles. The van der Waals surface area contributed by atoms with E-state index in [1.165, 1.54) is 0 Å². The number of hydrogen-bond donors (Lipinski definition) is 2. The van der Waals surface area contributed by atoms with Crippen LogP contribution in [-0.4, -0.2) is 27.7 Å². The van der Waals surface area contributed by atoms with Crippen LogP contribution in [-0.2, 0) is 16.0 Å². The highest BCUT2D eigenvalue weighted by atomic mass is 16.5. The summed E-state index contributed by atoms with van der Waals surface area (Å²) in [5, 5.41) is 8.73. The molecule has 1 atom stereocenters. The van der Waals surface area contributed by atoms with Gasteiger partial charge in [0.2, 0.25) is 0 Å². The number of carboxylic acids is 1. The van der Waals surface area contributed by atoms with Crippen LogP contribution < -0.4 is 0 Å². The van der Waals surface area contributed by atoms with E-state index < -0.39 is 5.97 Å². The quantitative estimate of drug-likeness (QED) is 0.817. The molecule has 5 nitrogen and oxygen atoms in total. The van der Waals surface area contributed by atoms with Gasteiger partial charge in [-0.2, -0.15) is 0 Å². The monoisotopic (exact) mass is 224 g/mol. The lowest BCUT2D eigenvalue weighted by Gasteiger charge is -2.20. The number of nitrogens with zero attached hydrogens (tertiary/aromatic N) is 1. The smallest absolute Gasteiger partial charge is 0.309 e. The summed E-state index contributed by atoms with van der Waals surface area (Å²) in [5.41, 5.74) is 1.43. The van der Waals surface area contributed by atoms with Crippen LogP contribution in [0, 0.1) is 6.92 Å². The Bertz CT molecular complexity index is 381. The van der Waals surface area contributed by atoms with Crippen LogP contribution in [0.25, 0.3) is 0 Å². The second kappa shape index (κ2) is 4.65. The fraction of sp³-hybridized carbons (Fsp3) is 0.636. The first-order valence-electron chi connectivity index (χ1n) is 5.55.